The standard InChI is InChI=1S/C22H29N3O3S/c1-29-16-10-20(23-21(26)18-7-3-2-4-8-18)22(27)25-12-6-11-24(13-14-25)17-19-9-5-15-28-19/h2-5,7-9,15,20H,6,10-14,16-17H2,1H3,(H,23,26). The third kappa shape index (κ3) is 6.37. The summed E-state index contributed by atoms with van der Waals surface area (Å²) >= 11 is 1.68. The molecule has 0 aliphatic carbocycles. The topological polar surface area (TPSA) is 65.8 Å². The fourth-order valence-electron chi connectivity index (χ4n) is 3.52. The molecule has 1 aromatic heterocycles. The molecular weight excluding hydrogens is 386 g/mol. The van der Waals surface area contributed by atoms with E-state index in [2.05, 4.69) is 10.2 Å². The number of furan rings is 1. The third-order valence-corrected chi connectivity index (χ3v) is 5.75. The van der Waals surface area contributed by atoms with E-state index in [9.17, 15) is 9.59 Å². The molecule has 2 amide bonds. The lowest BCUT2D eigenvalue weighted by molar-refractivity contribution is -0.133. The average Bonchev–Trinajstić information content (AvgIpc) is 3.15. The van der Waals surface area contributed by atoms with Gasteiger partial charge in [0.05, 0.1) is 12.8 Å². The van der Waals surface area contributed by atoms with E-state index in [1.54, 1.807) is 30.2 Å². The molecule has 1 aromatic carbocycles. The van der Waals surface area contributed by atoms with Crippen LogP contribution >= 0.6 is 11.8 Å². The highest BCUT2D eigenvalue weighted by molar-refractivity contribution is 7.98. The first-order valence-corrected chi connectivity index (χ1v) is 11.4. The molecule has 1 N–H and O–H groups in total. The molecule has 156 valence electrons. The Labute approximate surface area is 176 Å². The summed E-state index contributed by atoms with van der Waals surface area (Å²) in [4.78, 5) is 30.0. The average molecular weight is 416 g/mol. The highest BCUT2D eigenvalue weighted by Gasteiger charge is 2.27. The Kier molecular flexibility index (Phi) is 8.19. The molecule has 2 aromatic rings. The summed E-state index contributed by atoms with van der Waals surface area (Å²) in [5.41, 5.74) is 0.579. The minimum Gasteiger partial charge on any atom is -0.468 e. The number of thioether (sulfide) groups is 1. The molecule has 1 unspecified atom stereocenters. The van der Waals surface area contributed by atoms with Crippen LogP contribution in [0, 0.1) is 0 Å². The van der Waals surface area contributed by atoms with Crippen LogP contribution in [0.25, 0.3) is 0 Å². The fourth-order valence-corrected chi connectivity index (χ4v) is 3.99. The number of benzene rings is 1. The molecular formula is C22H29N3O3S. The molecule has 0 spiro atoms. The monoisotopic (exact) mass is 415 g/mol. The summed E-state index contributed by atoms with van der Waals surface area (Å²) in [6.45, 7) is 3.86. The lowest BCUT2D eigenvalue weighted by Crippen LogP contribution is -2.49. The van der Waals surface area contributed by atoms with Crippen LogP contribution in [0.2, 0.25) is 0 Å². The van der Waals surface area contributed by atoms with Gasteiger partial charge in [0, 0.05) is 31.7 Å². The van der Waals surface area contributed by atoms with Crippen molar-refractivity contribution in [3.8, 4) is 0 Å². The van der Waals surface area contributed by atoms with Crippen molar-refractivity contribution in [2.75, 3.05) is 38.2 Å². The molecule has 6 nitrogen and oxygen atoms in total. The predicted octanol–water partition coefficient (Wildman–Crippen LogP) is 2.87. The first-order valence-electron chi connectivity index (χ1n) is 10.1. The van der Waals surface area contributed by atoms with Crippen molar-refractivity contribution in [3.05, 3.63) is 60.1 Å². The van der Waals surface area contributed by atoms with Crippen molar-refractivity contribution in [2.24, 2.45) is 0 Å². The van der Waals surface area contributed by atoms with Crippen LogP contribution in [0.4, 0.5) is 0 Å². The molecule has 1 aliphatic heterocycles. The van der Waals surface area contributed by atoms with Gasteiger partial charge >= 0.3 is 0 Å². The number of amides is 2. The number of nitrogens with one attached hydrogen (secondary N) is 1. The predicted molar refractivity (Wildman–Crippen MR) is 116 cm³/mol. The van der Waals surface area contributed by atoms with E-state index in [0.717, 1.165) is 37.6 Å². The van der Waals surface area contributed by atoms with Crippen LogP contribution < -0.4 is 5.32 Å². The SMILES string of the molecule is CSCCC(NC(=O)c1ccccc1)C(=O)N1CCCN(Cc2ccco2)CC1. The van der Waals surface area contributed by atoms with E-state index < -0.39 is 6.04 Å². The van der Waals surface area contributed by atoms with Crippen molar-refractivity contribution in [2.45, 2.75) is 25.4 Å². The minimum absolute atomic E-state index is 0.0168. The smallest absolute Gasteiger partial charge is 0.251 e. The highest BCUT2D eigenvalue weighted by atomic mass is 32.2. The summed E-state index contributed by atoms with van der Waals surface area (Å²) < 4.78 is 5.45. The van der Waals surface area contributed by atoms with E-state index in [1.807, 2.05) is 41.5 Å². The Bertz CT molecular complexity index is 767. The second kappa shape index (κ2) is 11.1. The molecule has 1 atom stereocenters. The summed E-state index contributed by atoms with van der Waals surface area (Å²) in [5.74, 6) is 1.59. The number of hydrogen-bond donors (Lipinski definition) is 1. The Morgan fingerprint density at radius 2 is 1.93 bits per heavy atom. The van der Waals surface area contributed by atoms with Gasteiger partial charge in [0.15, 0.2) is 0 Å². The Morgan fingerprint density at radius 1 is 1.10 bits per heavy atom. The van der Waals surface area contributed by atoms with E-state index in [-0.39, 0.29) is 11.8 Å². The number of nitrogens with zero attached hydrogens (tertiary/aromatic N) is 2. The summed E-state index contributed by atoms with van der Waals surface area (Å²) in [6, 6.07) is 12.4. The zero-order chi connectivity index (χ0) is 20.5. The zero-order valence-electron chi connectivity index (χ0n) is 16.9. The van der Waals surface area contributed by atoms with Gasteiger partial charge in [-0.25, -0.2) is 0 Å². The molecule has 29 heavy (non-hydrogen) atoms. The van der Waals surface area contributed by atoms with E-state index in [1.165, 1.54) is 0 Å². The van der Waals surface area contributed by atoms with Gasteiger partial charge in [0.1, 0.15) is 11.8 Å². The van der Waals surface area contributed by atoms with Crippen molar-refractivity contribution in [1.82, 2.24) is 15.1 Å². The second-order valence-corrected chi connectivity index (χ2v) is 8.19. The Morgan fingerprint density at radius 3 is 2.66 bits per heavy atom. The van der Waals surface area contributed by atoms with Crippen LogP contribution in [0.15, 0.2) is 53.1 Å². The fraction of sp³-hybridized carbons (Fsp3) is 0.455. The number of hydrogen-bond acceptors (Lipinski definition) is 5. The van der Waals surface area contributed by atoms with Gasteiger partial charge in [-0.1, -0.05) is 18.2 Å². The summed E-state index contributed by atoms with van der Waals surface area (Å²) in [6.07, 6.45) is 5.24. The van der Waals surface area contributed by atoms with Crippen molar-refractivity contribution < 1.29 is 14.0 Å². The molecule has 3 rings (SSSR count). The molecule has 1 saturated heterocycles. The summed E-state index contributed by atoms with van der Waals surface area (Å²) in [7, 11) is 0. The lowest BCUT2D eigenvalue weighted by atomic mass is 10.1. The van der Waals surface area contributed by atoms with Crippen molar-refractivity contribution >= 4 is 23.6 Å². The number of carbonyl (C=O) groups excluding carboxylic acids is 2. The van der Waals surface area contributed by atoms with Gasteiger partial charge < -0.3 is 14.6 Å². The molecule has 1 aliphatic rings. The molecule has 2 heterocycles. The maximum absolute atomic E-state index is 13.2. The van der Waals surface area contributed by atoms with Crippen LogP contribution in [-0.4, -0.2) is 65.8 Å². The molecule has 0 saturated carbocycles. The van der Waals surface area contributed by atoms with Gasteiger partial charge in [0.2, 0.25) is 5.91 Å². The van der Waals surface area contributed by atoms with E-state index >= 15 is 0 Å². The summed E-state index contributed by atoms with van der Waals surface area (Å²) in [5, 5.41) is 2.96. The van der Waals surface area contributed by atoms with Crippen LogP contribution in [-0.2, 0) is 11.3 Å². The largest absolute Gasteiger partial charge is 0.468 e. The van der Waals surface area contributed by atoms with Gasteiger partial charge in [-0.3, -0.25) is 14.5 Å². The molecule has 1 fully saturated rings. The third-order valence-electron chi connectivity index (χ3n) is 5.11. The second-order valence-electron chi connectivity index (χ2n) is 7.21. The minimum atomic E-state index is -0.494. The Balaban J connectivity index is 1.60. The number of carbonyl (C=O) groups is 2. The molecule has 7 heteroatoms. The highest BCUT2D eigenvalue weighted by Crippen LogP contribution is 2.12. The first-order chi connectivity index (χ1) is 14.2. The van der Waals surface area contributed by atoms with Crippen molar-refractivity contribution in [1.29, 1.82) is 0 Å². The quantitative estimate of drug-likeness (QED) is 0.718. The van der Waals surface area contributed by atoms with Crippen LogP contribution in [0.1, 0.15) is 29.0 Å². The first kappa shape index (κ1) is 21.5. The Hall–Kier alpha value is -2.25. The van der Waals surface area contributed by atoms with Gasteiger partial charge in [-0.05, 0) is 49.1 Å². The van der Waals surface area contributed by atoms with Crippen LogP contribution in [0.5, 0.6) is 0 Å². The normalized spacial score (nSPS) is 16.2. The van der Waals surface area contributed by atoms with Gasteiger partial charge in [-0.2, -0.15) is 11.8 Å². The van der Waals surface area contributed by atoms with Crippen molar-refractivity contribution in [3.63, 3.8) is 0 Å². The van der Waals surface area contributed by atoms with Gasteiger partial charge in [-0.15, -0.1) is 0 Å². The van der Waals surface area contributed by atoms with E-state index in [4.69, 9.17) is 4.42 Å². The molecule has 0 bridgehead atoms. The molecule has 0 radical (unpaired) electrons. The zero-order valence-corrected chi connectivity index (χ0v) is 17.7. The van der Waals surface area contributed by atoms with E-state index in [0.29, 0.717) is 25.1 Å². The van der Waals surface area contributed by atoms with Crippen LogP contribution in [0.3, 0.4) is 0 Å². The number of rotatable bonds is 8. The van der Waals surface area contributed by atoms with Gasteiger partial charge in [0.25, 0.3) is 5.91 Å². The maximum Gasteiger partial charge on any atom is 0.251 e. The maximum atomic E-state index is 13.2. The lowest BCUT2D eigenvalue weighted by Gasteiger charge is -2.27.